The van der Waals surface area contributed by atoms with Crippen LogP contribution in [0.5, 0.6) is 17.2 Å². The number of rotatable bonds is 8. The summed E-state index contributed by atoms with van der Waals surface area (Å²) in [5.41, 5.74) is 2.23. The van der Waals surface area contributed by atoms with Crippen molar-refractivity contribution in [3.63, 3.8) is 0 Å². The zero-order valence-electron chi connectivity index (χ0n) is 15.6. The SMILES string of the molecule is COc1ccccc1CCNc1ccnc(NCc2ccc3c(c2)OCO3)n1. The summed E-state index contributed by atoms with van der Waals surface area (Å²) in [5, 5.41) is 6.57. The maximum absolute atomic E-state index is 5.41. The van der Waals surface area contributed by atoms with Crippen LogP contribution in [-0.4, -0.2) is 30.4 Å². The molecule has 28 heavy (non-hydrogen) atoms. The second kappa shape index (κ2) is 8.47. The number of benzene rings is 2. The van der Waals surface area contributed by atoms with Gasteiger partial charge in [0.2, 0.25) is 12.7 Å². The van der Waals surface area contributed by atoms with Crippen LogP contribution in [0.4, 0.5) is 11.8 Å². The van der Waals surface area contributed by atoms with Crippen LogP contribution < -0.4 is 24.8 Å². The van der Waals surface area contributed by atoms with Crippen molar-refractivity contribution in [1.82, 2.24) is 9.97 Å². The summed E-state index contributed by atoms with van der Waals surface area (Å²) in [6, 6.07) is 15.8. The molecule has 7 nitrogen and oxygen atoms in total. The Morgan fingerprint density at radius 2 is 1.93 bits per heavy atom. The Morgan fingerprint density at radius 1 is 1.04 bits per heavy atom. The second-order valence-corrected chi connectivity index (χ2v) is 6.30. The average molecular weight is 378 g/mol. The number of ether oxygens (including phenoxy) is 3. The first-order valence-electron chi connectivity index (χ1n) is 9.13. The molecule has 3 aromatic rings. The van der Waals surface area contributed by atoms with Crippen LogP contribution in [0.2, 0.25) is 0 Å². The summed E-state index contributed by atoms with van der Waals surface area (Å²) in [6.45, 7) is 1.62. The number of para-hydroxylation sites is 1. The minimum absolute atomic E-state index is 0.276. The highest BCUT2D eigenvalue weighted by molar-refractivity contribution is 5.46. The van der Waals surface area contributed by atoms with E-state index in [-0.39, 0.29) is 6.79 Å². The van der Waals surface area contributed by atoms with Crippen LogP contribution in [-0.2, 0) is 13.0 Å². The third kappa shape index (κ3) is 4.25. The number of nitrogens with one attached hydrogen (secondary N) is 2. The Morgan fingerprint density at radius 3 is 2.86 bits per heavy atom. The van der Waals surface area contributed by atoms with Crippen LogP contribution in [0.3, 0.4) is 0 Å². The fraction of sp³-hybridized carbons (Fsp3) is 0.238. The molecular weight excluding hydrogens is 356 g/mol. The molecule has 0 amide bonds. The number of aromatic nitrogens is 2. The number of methoxy groups -OCH3 is 1. The molecule has 0 spiro atoms. The first-order valence-corrected chi connectivity index (χ1v) is 9.13. The first kappa shape index (κ1) is 17.9. The van der Waals surface area contributed by atoms with E-state index in [0.29, 0.717) is 12.5 Å². The van der Waals surface area contributed by atoms with Gasteiger partial charge >= 0.3 is 0 Å². The lowest BCUT2D eigenvalue weighted by Crippen LogP contribution is -2.09. The fourth-order valence-electron chi connectivity index (χ4n) is 3.01. The van der Waals surface area contributed by atoms with E-state index in [0.717, 1.165) is 47.2 Å². The van der Waals surface area contributed by atoms with E-state index < -0.39 is 0 Å². The Kier molecular flexibility index (Phi) is 5.42. The number of hydrogen-bond acceptors (Lipinski definition) is 7. The lowest BCUT2D eigenvalue weighted by atomic mass is 10.1. The van der Waals surface area contributed by atoms with Crippen LogP contribution >= 0.6 is 0 Å². The fourth-order valence-corrected chi connectivity index (χ4v) is 3.01. The summed E-state index contributed by atoms with van der Waals surface area (Å²) >= 11 is 0. The van der Waals surface area contributed by atoms with Crippen molar-refractivity contribution in [2.75, 3.05) is 31.1 Å². The Labute approximate surface area is 163 Å². The molecule has 0 aliphatic carbocycles. The molecule has 4 rings (SSSR count). The minimum Gasteiger partial charge on any atom is -0.496 e. The van der Waals surface area contributed by atoms with Gasteiger partial charge < -0.3 is 24.8 Å². The molecule has 0 fully saturated rings. The maximum atomic E-state index is 5.41. The van der Waals surface area contributed by atoms with Crippen LogP contribution in [0.25, 0.3) is 0 Å². The predicted octanol–water partition coefficient (Wildman–Crippen LogP) is 3.48. The van der Waals surface area contributed by atoms with Gasteiger partial charge in [-0.25, -0.2) is 4.98 Å². The van der Waals surface area contributed by atoms with Crippen LogP contribution in [0, 0.1) is 0 Å². The Balaban J connectivity index is 1.31. The number of nitrogens with zero attached hydrogens (tertiary/aromatic N) is 2. The van der Waals surface area contributed by atoms with Gasteiger partial charge in [-0.1, -0.05) is 24.3 Å². The van der Waals surface area contributed by atoms with Crippen LogP contribution in [0.15, 0.2) is 54.7 Å². The topological polar surface area (TPSA) is 77.5 Å². The van der Waals surface area contributed by atoms with Gasteiger partial charge in [0.05, 0.1) is 7.11 Å². The Hall–Kier alpha value is -3.48. The van der Waals surface area contributed by atoms with Gasteiger partial charge in [0, 0.05) is 19.3 Å². The zero-order valence-corrected chi connectivity index (χ0v) is 15.6. The molecule has 0 unspecified atom stereocenters. The molecule has 7 heteroatoms. The quantitative estimate of drug-likeness (QED) is 0.621. The monoisotopic (exact) mass is 378 g/mol. The third-order valence-corrected chi connectivity index (χ3v) is 4.44. The molecule has 0 atom stereocenters. The van der Waals surface area contributed by atoms with Crippen molar-refractivity contribution in [2.24, 2.45) is 0 Å². The number of anilines is 2. The highest BCUT2D eigenvalue weighted by atomic mass is 16.7. The normalized spacial score (nSPS) is 11.9. The lowest BCUT2D eigenvalue weighted by Gasteiger charge is -2.10. The standard InChI is InChI=1S/C21H22N4O3/c1-26-17-5-3-2-4-16(17)8-10-22-20-9-11-23-21(25-20)24-13-15-6-7-18-19(12-15)28-14-27-18/h2-7,9,11-12H,8,10,13-14H2,1H3,(H2,22,23,24,25). The van der Waals surface area contributed by atoms with Crippen molar-refractivity contribution in [2.45, 2.75) is 13.0 Å². The zero-order chi connectivity index (χ0) is 19.2. The summed E-state index contributed by atoms with van der Waals surface area (Å²) < 4.78 is 16.1. The minimum atomic E-state index is 0.276. The maximum Gasteiger partial charge on any atom is 0.231 e. The van der Waals surface area contributed by atoms with E-state index in [1.807, 2.05) is 42.5 Å². The molecule has 1 aliphatic heterocycles. The smallest absolute Gasteiger partial charge is 0.231 e. The van der Waals surface area contributed by atoms with Crippen molar-refractivity contribution < 1.29 is 14.2 Å². The largest absolute Gasteiger partial charge is 0.496 e. The molecule has 1 aromatic heterocycles. The summed E-state index contributed by atoms with van der Waals surface area (Å²) in [4.78, 5) is 8.80. The van der Waals surface area contributed by atoms with Crippen molar-refractivity contribution in [1.29, 1.82) is 0 Å². The average Bonchev–Trinajstić information content (AvgIpc) is 3.21. The Bertz CT molecular complexity index is 948. The van der Waals surface area contributed by atoms with Crippen molar-refractivity contribution >= 4 is 11.8 Å². The van der Waals surface area contributed by atoms with Crippen molar-refractivity contribution in [3.05, 3.63) is 65.9 Å². The molecule has 2 N–H and O–H groups in total. The van der Waals surface area contributed by atoms with Gasteiger partial charge in [0.15, 0.2) is 11.5 Å². The second-order valence-electron chi connectivity index (χ2n) is 6.30. The van der Waals surface area contributed by atoms with E-state index in [1.54, 1.807) is 13.3 Å². The van der Waals surface area contributed by atoms with E-state index in [9.17, 15) is 0 Å². The predicted molar refractivity (Wildman–Crippen MR) is 107 cm³/mol. The number of hydrogen-bond donors (Lipinski definition) is 2. The summed E-state index contributed by atoms with van der Waals surface area (Å²) in [7, 11) is 1.69. The molecule has 0 bridgehead atoms. The van der Waals surface area contributed by atoms with Gasteiger partial charge in [0.25, 0.3) is 0 Å². The highest BCUT2D eigenvalue weighted by Gasteiger charge is 2.13. The summed E-state index contributed by atoms with van der Waals surface area (Å²) in [6.07, 6.45) is 2.58. The molecule has 144 valence electrons. The van der Waals surface area contributed by atoms with E-state index in [2.05, 4.69) is 26.7 Å². The molecule has 0 saturated carbocycles. The highest BCUT2D eigenvalue weighted by Crippen LogP contribution is 2.32. The first-order chi connectivity index (χ1) is 13.8. The molecule has 2 aromatic carbocycles. The van der Waals surface area contributed by atoms with E-state index >= 15 is 0 Å². The van der Waals surface area contributed by atoms with Gasteiger partial charge in [-0.2, -0.15) is 4.98 Å². The lowest BCUT2D eigenvalue weighted by molar-refractivity contribution is 0.174. The third-order valence-electron chi connectivity index (χ3n) is 4.44. The van der Waals surface area contributed by atoms with Crippen molar-refractivity contribution in [3.8, 4) is 17.2 Å². The van der Waals surface area contributed by atoms with Gasteiger partial charge in [-0.3, -0.25) is 0 Å². The molecule has 2 heterocycles. The van der Waals surface area contributed by atoms with E-state index in [1.165, 1.54) is 0 Å². The molecule has 1 aliphatic rings. The molecule has 0 radical (unpaired) electrons. The van der Waals surface area contributed by atoms with E-state index in [4.69, 9.17) is 14.2 Å². The summed E-state index contributed by atoms with van der Waals surface area (Å²) in [5.74, 6) is 3.80. The molecular formula is C21H22N4O3. The van der Waals surface area contributed by atoms with Crippen LogP contribution in [0.1, 0.15) is 11.1 Å². The van der Waals surface area contributed by atoms with Gasteiger partial charge in [-0.05, 0) is 41.8 Å². The van der Waals surface area contributed by atoms with Gasteiger partial charge in [-0.15, -0.1) is 0 Å². The number of fused-ring (bicyclic) bond motifs is 1. The molecule has 0 saturated heterocycles. The van der Waals surface area contributed by atoms with Gasteiger partial charge in [0.1, 0.15) is 11.6 Å².